The molecule has 0 unspecified atom stereocenters. The zero-order chi connectivity index (χ0) is 14.8. The maximum atomic E-state index is 12.2. The molecule has 1 aliphatic heterocycles. The maximum Gasteiger partial charge on any atom is 0.277 e. The van der Waals surface area contributed by atoms with Crippen molar-refractivity contribution in [3.8, 4) is 11.5 Å². The first-order valence-electron chi connectivity index (χ1n) is 6.98. The van der Waals surface area contributed by atoms with Crippen molar-refractivity contribution in [1.29, 1.82) is 0 Å². The topological polar surface area (TPSA) is 72.4 Å². The molecule has 7 heteroatoms. The Balaban J connectivity index is 1.67. The molecule has 1 amide bonds. The number of amides is 1. The van der Waals surface area contributed by atoms with Crippen LogP contribution in [0.4, 0.5) is 0 Å². The normalized spacial score (nSPS) is 16.4. The van der Waals surface area contributed by atoms with Gasteiger partial charge in [-0.15, -0.1) is 10.2 Å². The summed E-state index contributed by atoms with van der Waals surface area (Å²) in [4.78, 5) is 14.1. The lowest BCUT2D eigenvalue weighted by Gasteiger charge is -2.18. The van der Waals surface area contributed by atoms with Crippen molar-refractivity contribution >= 4 is 17.7 Å². The molecule has 0 N–H and O–H groups in total. The first-order valence-corrected chi connectivity index (χ1v) is 7.86. The number of aromatic nitrogens is 2. The van der Waals surface area contributed by atoms with E-state index in [1.807, 2.05) is 18.7 Å². The molecule has 2 aromatic rings. The van der Waals surface area contributed by atoms with Crippen molar-refractivity contribution in [1.82, 2.24) is 15.1 Å². The lowest BCUT2D eigenvalue weighted by atomic mass is 10.3. The average molecular weight is 307 g/mol. The summed E-state index contributed by atoms with van der Waals surface area (Å²) in [5.74, 6) is 1.29. The first-order chi connectivity index (χ1) is 10.1. The highest BCUT2D eigenvalue weighted by Crippen LogP contribution is 2.29. The van der Waals surface area contributed by atoms with Gasteiger partial charge in [-0.2, -0.15) is 0 Å². The van der Waals surface area contributed by atoms with Gasteiger partial charge in [0.15, 0.2) is 0 Å². The van der Waals surface area contributed by atoms with Crippen molar-refractivity contribution in [2.24, 2.45) is 0 Å². The van der Waals surface area contributed by atoms with E-state index in [0.717, 1.165) is 37.3 Å². The van der Waals surface area contributed by atoms with E-state index in [9.17, 15) is 4.79 Å². The van der Waals surface area contributed by atoms with E-state index in [4.69, 9.17) is 8.83 Å². The highest BCUT2D eigenvalue weighted by atomic mass is 32.2. The van der Waals surface area contributed by atoms with Gasteiger partial charge in [-0.1, -0.05) is 11.8 Å². The molecule has 0 aliphatic carbocycles. The molecule has 3 heterocycles. The fourth-order valence-electron chi connectivity index (χ4n) is 2.37. The summed E-state index contributed by atoms with van der Waals surface area (Å²) in [5.41, 5.74) is 0.785. The van der Waals surface area contributed by atoms with Gasteiger partial charge < -0.3 is 13.7 Å². The van der Waals surface area contributed by atoms with Gasteiger partial charge >= 0.3 is 0 Å². The van der Waals surface area contributed by atoms with Crippen LogP contribution in [0.1, 0.15) is 25.5 Å². The second kappa shape index (κ2) is 5.93. The van der Waals surface area contributed by atoms with Crippen molar-refractivity contribution in [2.45, 2.75) is 37.2 Å². The molecule has 0 spiro atoms. The summed E-state index contributed by atoms with van der Waals surface area (Å²) in [6.07, 6.45) is 3.77. The second-order valence-electron chi connectivity index (χ2n) is 5.06. The Bertz CT molecular complexity index is 631. The lowest BCUT2D eigenvalue weighted by molar-refractivity contribution is -0.129. The van der Waals surface area contributed by atoms with Crippen LogP contribution >= 0.6 is 11.8 Å². The predicted molar refractivity (Wildman–Crippen MR) is 77.9 cm³/mol. The standard InChI is InChI=1S/C14H17N3O3S/c1-9-11(5-8-19-9)12-15-16-14(20-12)21-10(2)13(18)17-6-3-4-7-17/h5,8,10H,3-4,6-7H2,1-2H3/t10-/m1/s1. The van der Waals surface area contributed by atoms with Crippen LogP contribution in [0, 0.1) is 6.92 Å². The van der Waals surface area contributed by atoms with Gasteiger partial charge in [0, 0.05) is 13.1 Å². The Kier molecular flexibility index (Phi) is 4.01. The first kappa shape index (κ1) is 14.2. The zero-order valence-electron chi connectivity index (χ0n) is 12.0. The van der Waals surface area contributed by atoms with Crippen LogP contribution in [-0.2, 0) is 4.79 Å². The van der Waals surface area contributed by atoms with Gasteiger partial charge in [-0.05, 0) is 32.8 Å². The van der Waals surface area contributed by atoms with Gasteiger partial charge in [0.25, 0.3) is 11.1 Å². The number of hydrogen-bond acceptors (Lipinski definition) is 6. The van der Waals surface area contributed by atoms with E-state index in [1.165, 1.54) is 11.8 Å². The molecule has 3 rings (SSSR count). The zero-order valence-corrected chi connectivity index (χ0v) is 12.9. The molecule has 112 valence electrons. The van der Waals surface area contributed by atoms with Crippen LogP contribution in [-0.4, -0.2) is 39.3 Å². The maximum absolute atomic E-state index is 12.2. The van der Waals surface area contributed by atoms with Crippen LogP contribution in [0.15, 0.2) is 26.4 Å². The van der Waals surface area contributed by atoms with Gasteiger partial charge in [-0.3, -0.25) is 4.79 Å². The van der Waals surface area contributed by atoms with Crippen LogP contribution in [0.2, 0.25) is 0 Å². The number of thioether (sulfide) groups is 1. The summed E-state index contributed by atoms with van der Waals surface area (Å²) in [6.45, 7) is 5.42. The number of furan rings is 1. The fraction of sp³-hybridized carbons (Fsp3) is 0.500. The smallest absolute Gasteiger partial charge is 0.277 e. The number of aryl methyl sites for hydroxylation is 1. The number of likely N-dealkylation sites (tertiary alicyclic amines) is 1. The highest BCUT2D eigenvalue weighted by Gasteiger charge is 2.25. The number of rotatable bonds is 4. The van der Waals surface area contributed by atoms with Crippen LogP contribution < -0.4 is 0 Å². The van der Waals surface area contributed by atoms with Crippen molar-refractivity contribution in [3.05, 3.63) is 18.1 Å². The molecule has 1 atom stereocenters. The summed E-state index contributed by atoms with van der Waals surface area (Å²) < 4.78 is 10.8. The van der Waals surface area contributed by atoms with Crippen LogP contribution in [0.5, 0.6) is 0 Å². The summed E-state index contributed by atoms with van der Waals surface area (Å²) >= 11 is 1.30. The molecule has 1 aliphatic rings. The lowest BCUT2D eigenvalue weighted by Crippen LogP contribution is -2.34. The van der Waals surface area contributed by atoms with Gasteiger partial charge in [0.1, 0.15) is 5.76 Å². The molecular formula is C14H17N3O3S. The number of hydrogen-bond donors (Lipinski definition) is 0. The Hall–Kier alpha value is -1.76. The van der Waals surface area contributed by atoms with Crippen molar-refractivity contribution in [2.75, 3.05) is 13.1 Å². The third kappa shape index (κ3) is 2.97. The molecule has 1 saturated heterocycles. The molecule has 2 aromatic heterocycles. The molecule has 21 heavy (non-hydrogen) atoms. The van der Waals surface area contributed by atoms with Gasteiger partial charge in [-0.25, -0.2) is 0 Å². The summed E-state index contributed by atoms with van der Waals surface area (Å²) in [5, 5.41) is 8.19. The highest BCUT2D eigenvalue weighted by molar-refractivity contribution is 8.00. The Labute approximate surface area is 126 Å². The van der Waals surface area contributed by atoms with Crippen molar-refractivity contribution in [3.63, 3.8) is 0 Å². The molecule has 1 fully saturated rings. The third-order valence-corrected chi connectivity index (χ3v) is 4.46. The molecule has 0 radical (unpaired) electrons. The molecule has 0 saturated carbocycles. The largest absolute Gasteiger partial charge is 0.469 e. The van der Waals surface area contributed by atoms with E-state index in [-0.39, 0.29) is 11.2 Å². The minimum Gasteiger partial charge on any atom is -0.469 e. The van der Waals surface area contributed by atoms with E-state index < -0.39 is 0 Å². The van der Waals surface area contributed by atoms with E-state index in [2.05, 4.69) is 10.2 Å². The molecule has 0 bridgehead atoms. The molecule has 6 nitrogen and oxygen atoms in total. The number of nitrogens with zero attached hydrogens (tertiary/aromatic N) is 3. The SMILES string of the molecule is Cc1occc1-c1nnc(S[C@H](C)C(=O)N2CCCC2)o1. The number of carbonyl (C=O) groups is 1. The Morgan fingerprint density at radius 1 is 1.38 bits per heavy atom. The van der Waals surface area contributed by atoms with Crippen molar-refractivity contribution < 1.29 is 13.6 Å². The molecule has 0 aromatic carbocycles. The minimum atomic E-state index is -0.221. The van der Waals surface area contributed by atoms with Gasteiger partial charge in [0.05, 0.1) is 17.1 Å². The number of carbonyl (C=O) groups excluding carboxylic acids is 1. The van der Waals surface area contributed by atoms with E-state index in [1.54, 1.807) is 12.3 Å². The molecular weight excluding hydrogens is 290 g/mol. The van der Waals surface area contributed by atoms with E-state index in [0.29, 0.717) is 11.1 Å². The van der Waals surface area contributed by atoms with Gasteiger partial charge in [0.2, 0.25) is 5.91 Å². The van der Waals surface area contributed by atoms with E-state index >= 15 is 0 Å². The summed E-state index contributed by atoms with van der Waals surface area (Å²) in [7, 11) is 0. The fourth-order valence-corrected chi connectivity index (χ4v) is 3.14. The monoisotopic (exact) mass is 307 g/mol. The average Bonchev–Trinajstić information content (AvgIpc) is 3.18. The quantitative estimate of drug-likeness (QED) is 0.809. The van der Waals surface area contributed by atoms with Crippen LogP contribution in [0.25, 0.3) is 11.5 Å². The minimum absolute atomic E-state index is 0.136. The second-order valence-corrected chi connectivity index (χ2v) is 6.35. The Morgan fingerprint density at radius 3 is 2.81 bits per heavy atom. The van der Waals surface area contributed by atoms with Crippen LogP contribution in [0.3, 0.4) is 0 Å². The predicted octanol–water partition coefficient (Wildman–Crippen LogP) is 2.74. The Morgan fingerprint density at radius 2 is 2.14 bits per heavy atom. The summed E-state index contributed by atoms with van der Waals surface area (Å²) in [6, 6.07) is 1.79. The third-order valence-electron chi connectivity index (χ3n) is 3.54.